The Morgan fingerprint density at radius 1 is 1.30 bits per heavy atom. The van der Waals surface area contributed by atoms with Gasteiger partial charge in [0.2, 0.25) is 5.91 Å². The van der Waals surface area contributed by atoms with Gasteiger partial charge in [-0.2, -0.15) is 0 Å². The van der Waals surface area contributed by atoms with E-state index < -0.39 is 5.60 Å². The Balaban J connectivity index is 1.90. The summed E-state index contributed by atoms with van der Waals surface area (Å²) in [6, 6.07) is 13.2. The van der Waals surface area contributed by atoms with Gasteiger partial charge < -0.3 is 10.4 Å². The van der Waals surface area contributed by atoms with Crippen LogP contribution < -0.4 is 5.32 Å². The van der Waals surface area contributed by atoms with Crippen molar-refractivity contribution in [2.45, 2.75) is 12.5 Å². The van der Waals surface area contributed by atoms with Crippen LogP contribution in [-0.4, -0.2) is 17.6 Å². The first kappa shape index (κ1) is 14.5. The minimum absolute atomic E-state index is 0.171. The topological polar surface area (TPSA) is 49.3 Å². The molecule has 20 heavy (non-hydrogen) atoms. The molecule has 1 aromatic heterocycles. The molecule has 1 amide bonds. The summed E-state index contributed by atoms with van der Waals surface area (Å²) in [6.07, 6.45) is 3.24. The maximum atomic E-state index is 11.7. The number of hydrogen-bond acceptors (Lipinski definition) is 3. The zero-order chi connectivity index (χ0) is 14.4. The van der Waals surface area contributed by atoms with E-state index in [0.29, 0.717) is 0 Å². The summed E-state index contributed by atoms with van der Waals surface area (Å²) in [4.78, 5) is 12.7. The molecule has 0 radical (unpaired) electrons. The minimum Gasteiger partial charge on any atom is -0.384 e. The minimum atomic E-state index is -1.08. The zero-order valence-corrected chi connectivity index (χ0v) is 12.1. The number of aliphatic hydroxyl groups is 1. The first-order valence-corrected chi connectivity index (χ1v) is 7.23. The van der Waals surface area contributed by atoms with E-state index in [9.17, 15) is 9.90 Å². The van der Waals surface area contributed by atoms with Crippen molar-refractivity contribution < 1.29 is 9.90 Å². The van der Waals surface area contributed by atoms with E-state index in [-0.39, 0.29) is 12.5 Å². The first-order valence-electron chi connectivity index (χ1n) is 6.35. The Labute approximate surface area is 122 Å². The summed E-state index contributed by atoms with van der Waals surface area (Å²) in [7, 11) is 0. The number of benzene rings is 1. The van der Waals surface area contributed by atoms with Crippen LogP contribution in [0.1, 0.15) is 17.4 Å². The van der Waals surface area contributed by atoms with E-state index in [1.165, 1.54) is 6.08 Å². The quantitative estimate of drug-likeness (QED) is 0.831. The Morgan fingerprint density at radius 3 is 2.70 bits per heavy atom. The average molecular weight is 287 g/mol. The van der Waals surface area contributed by atoms with E-state index >= 15 is 0 Å². The van der Waals surface area contributed by atoms with E-state index in [0.717, 1.165) is 10.4 Å². The molecular formula is C16H17NO2S. The summed E-state index contributed by atoms with van der Waals surface area (Å²) in [6.45, 7) is 1.86. The van der Waals surface area contributed by atoms with Gasteiger partial charge in [0.05, 0.1) is 6.54 Å². The summed E-state index contributed by atoms with van der Waals surface area (Å²) < 4.78 is 0. The largest absolute Gasteiger partial charge is 0.384 e. The van der Waals surface area contributed by atoms with E-state index in [4.69, 9.17) is 0 Å². The average Bonchev–Trinajstić information content (AvgIpc) is 2.97. The van der Waals surface area contributed by atoms with Crippen molar-refractivity contribution in [3.8, 4) is 0 Å². The lowest BCUT2D eigenvalue weighted by atomic mass is 9.96. The molecule has 1 atom stereocenters. The highest BCUT2D eigenvalue weighted by Gasteiger charge is 2.22. The number of carbonyl (C=O) groups excluding carboxylic acids is 1. The van der Waals surface area contributed by atoms with Crippen molar-refractivity contribution in [1.82, 2.24) is 5.32 Å². The predicted octanol–water partition coefficient (Wildman–Crippen LogP) is 2.79. The lowest BCUT2D eigenvalue weighted by Crippen LogP contribution is -2.37. The number of thiophene rings is 1. The van der Waals surface area contributed by atoms with Crippen molar-refractivity contribution in [3.05, 3.63) is 64.4 Å². The first-order chi connectivity index (χ1) is 9.58. The second-order valence-electron chi connectivity index (χ2n) is 4.71. The van der Waals surface area contributed by atoms with Crippen LogP contribution in [0.2, 0.25) is 0 Å². The smallest absolute Gasteiger partial charge is 0.244 e. The fourth-order valence-corrected chi connectivity index (χ4v) is 2.38. The standard InChI is InChI=1S/C16H17NO2S/c1-16(19,13-6-3-2-4-7-13)12-17-15(18)10-9-14-8-5-11-20-14/h2-11,19H,12H2,1H3,(H,17,18)/b10-9+/t16-/m1/s1. The Hall–Kier alpha value is -1.91. The van der Waals surface area contributed by atoms with Gasteiger partial charge in [-0.15, -0.1) is 11.3 Å². The van der Waals surface area contributed by atoms with Crippen molar-refractivity contribution >= 4 is 23.3 Å². The summed E-state index contributed by atoms with van der Waals surface area (Å²) in [5.74, 6) is -0.213. The van der Waals surface area contributed by atoms with Gasteiger partial charge in [0.15, 0.2) is 0 Å². The normalized spacial score (nSPS) is 14.1. The lowest BCUT2D eigenvalue weighted by molar-refractivity contribution is -0.117. The maximum absolute atomic E-state index is 11.7. The number of rotatable bonds is 5. The molecule has 1 heterocycles. The van der Waals surface area contributed by atoms with Gasteiger partial charge in [-0.05, 0) is 30.0 Å². The highest BCUT2D eigenvalue weighted by atomic mass is 32.1. The molecule has 3 nitrogen and oxygen atoms in total. The highest BCUT2D eigenvalue weighted by molar-refractivity contribution is 7.10. The molecule has 0 aliphatic rings. The third kappa shape index (κ3) is 4.05. The van der Waals surface area contributed by atoms with Gasteiger partial charge in [-0.1, -0.05) is 36.4 Å². The molecule has 0 saturated carbocycles. The molecule has 0 bridgehead atoms. The van der Waals surface area contributed by atoms with Crippen LogP contribution in [0.4, 0.5) is 0 Å². The summed E-state index contributed by atoms with van der Waals surface area (Å²) in [5, 5.41) is 15.0. The van der Waals surface area contributed by atoms with Crippen LogP contribution >= 0.6 is 11.3 Å². The molecule has 4 heteroatoms. The van der Waals surface area contributed by atoms with E-state index in [1.54, 1.807) is 24.3 Å². The fourth-order valence-electron chi connectivity index (χ4n) is 1.76. The molecule has 2 aromatic rings. The van der Waals surface area contributed by atoms with E-state index in [1.807, 2.05) is 47.8 Å². The van der Waals surface area contributed by atoms with Crippen molar-refractivity contribution in [2.75, 3.05) is 6.54 Å². The van der Waals surface area contributed by atoms with Gasteiger partial charge in [-0.25, -0.2) is 0 Å². The second kappa shape index (κ2) is 6.50. The number of amides is 1. The van der Waals surface area contributed by atoms with Gasteiger partial charge >= 0.3 is 0 Å². The summed E-state index contributed by atoms with van der Waals surface area (Å²) >= 11 is 1.57. The summed E-state index contributed by atoms with van der Waals surface area (Å²) in [5.41, 5.74) is -0.296. The molecule has 0 unspecified atom stereocenters. The Morgan fingerprint density at radius 2 is 2.05 bits per heavy atom. The van der Waals surface area contributed by atoms with Crippen LogP contribution in [-0.2, 0) is 10.4 Å². The van der Waals surface area contributed by atoms with Crippen LogP contribution in [0, 0.1) is 0 Å². The van der Waals surface area contributed by atoms with Gasteiger partial charge in [0.1, 0.15) is 5.60 Å². The molecule has 0 aliphatic carbocycles. The molecule has 0 saturated heterocycles. The number of carbonyl (C=O) groups is 1. The highest BCUT2D eigenvalue weighted by Crippen LogP contribution is 2.18. The van der Waals surface area contributed by atoms with Crippen LogP contribution in [0.15, 0.2) is 53.9 Å². The SMILES string of the molecule is C[C@@](O)(CNC(=O)/C=C/c1cccs1)c1ccccc1. The van der Waals surface area contributed by atoms with Gasteiger partial charge in [0.25, 0.3) is 0 Å². The molecule has 2 rings (SSSR count). The van der Waals surface area contributed by atoms with Gasteiger partial charge in [-0.3, -0.25) is 4.79 Å². The molecule has 104 valence electrons. The Kier molecular flexibility index (Phi) is 4.71. The monoisotopic (exact) mass is 287 g/mol. The van der Waals surface area contributed by atoms with Crippen LogP contribution in [0.3, 0.4) is 0 Å². The third-order valence-electron chi connectivity index (χ3n) is 2.94. The lowest BCUT2D eigenvalue weighted by Gasteiger charge is -2.23. The van der Waals surface area contributed by atoms with Crippen molar-refractivity contribution in [2.24, 2.45) is 0 Å². The molecule has 0 fully saturated rings. The zero-order valence-electron chi connectivity index (χ0n) is 11.2. The maximum Gasteiger partial charge on any atom is 0.244 e. The van der Waals surface area contributed by atoms with Crippen LogP contribution in [0.5, 0.6) is 0 Å². The third-order valence-corrected chi connectivity index (χ3v) is 3.78. The second-order valence-corrected chi connectivity index (χ2v) is 5.69. The Bertz CT molecular complexity index is 574. The molecule has 2 N–H and O–H groups in total. The number of nitrogens with one attached hydrogen (secondary N) is 1. The predicted molar refractivity (Wildman–Crippen MR) is 82.4 cm³/mol. The molecule has 0 spiro atoms. The van der Waals surface area contributed by atoms with Crippen LogP contribution in [0.25, 0.3) is 6.08 Å². The van der Waals surface area contributed by atoms with Crippen molar-refractivity contribution in [1.29, 1.82) is 0 Å². The molecule has 1 aromatic carbocycles. The number of hydrogen-bond donors (Lipinski definition) is 2. The van der Waals surface area contributed by atoms with E-state index in [2.05, 4.69) is 5.32 Å². The molecule has 0 aliphatic heterocycles. The molecular weight excluding hydrogens is 270 g/mol. The van der Waals surface area contributed by atoms with Crippen molar-refractivity contribution in [3.63, 3.8) is 0 Å². The van der Waals surface area contributed by atoms with Gasteiger partial charge in [0, 0.05) is 11.0 Å². The fraction of sp³-hybridized carbons (Fsp3) is 0.188.